The summed E-state index contributed by atoms with van der Waals surface area (Å²) in [7, 11) is 1.43. The Kier molecular flexibility index (Phi) is 7.68. The van der Waals surface area contributed by atoms with E-state index in [0.29, 0.717) is 24.7 Å². The lowest BCUT2D eigenvalue weighted by molar-refractivity contribution is -0.140. The van der Waals surface area contributed by atoms with Gasteiger partial charge in [-0.15, -0.1) is 0 Å². The number of benzene rings is 1. The van der Waals surface area contributed by atoms with Gasteiger partial charge in [0.15, 0.2) is 0 Å². The molecule has 158 valence electrons. The molecule has 4 nitrogen and oxygen atoms in total. The Morgan fingerprint density at radius 1 is 1.34 bits per heavy atom. The van der Waals surface area contributed by atoms with Crippen LogP contribution in [0.1, 0.15) is 49.7 Å². The summed E-state index contributed by atoms with van der Waals surface area (Å²) in [6.45, 7) is 2.06. The van der Waals surface area contributed by atoms with Gasteiger partial charge in [0.05, 0.1) is 19.3 Å². The number of carbonyl (C=O) groups is 1. The van der Waals surface area contributed by atoms with Crippen LogP contribution in [0.4, 0.5) is 0 Å². The van der Waals surface area contributed by atoms with E-state index in [4.69, 9.17) is 0 Å². The summed E-state index contributed by atoms with van der Waals surface area (Å²) < 4.78 is 4.69. The molecule has 29 heavy (non-hydrogen) atoms. The molecule has 0 radical (unpaired) electrons. The maximum Gasteiger partial charge on any atom is 0.305 e. The zero-order chi connectivity index (χ0) is 20.8. The monoisotopic (exact) mass is 399 g/mol. The molecule has 2 aliphatic carbocycles. The highest BCUT2D eigenvalue weighted by molar-refractivity contribution is 5.68. The van der Waals surface area contributed by atoms with Gasteiger partial charge >= 0.3 is 5.97 Å². The largest absolute Gasteiger partial charge is 0.469 e. The van der Waals surface area contributed by atoms with Crippen molar-refractivity contribution in [2.24, 2.45) is 17.8 Å². The van der Waals surface area contributed by atoms with Crippen LogP contribution in [0.5, 0.6) is 0 Å². The van der Waals surface area contributed by atoms with Gasteiger partial charge in [-0.1, -0.05) is 53.6 Å². The molecule has 2 N–H and O–H groups in total. The third-order valence-corrected chi connectivity index (χ3v) is 6.39. The molecule has 2 aliphatic rings. The van der Waals surface area contributed by atoms with E-state index in [2.05, 4.69) is 29.9 Å². The molecule has 0 bridgehead atoms. The molecular weight excluding hydrogens is 365 g/mol. The number of fused-ring (bicyclic) bond motifs is 1. The maximum absolute atomic E-state index is 11.2. The summed E-state index contributed by atoms with van der Waals surface area (Å²) in [4.78, 5) is 11.2. The van der Waals surface area contributed by atoms with E-state index in [1.807, 2.05) is 24.3 Å². The molecule has 1 aromatic carbocycles. The maximum atomic E-state index is 11.2. The van der Waals surface area contributed by atoms with E-state index in [-0.39, 0.29) is 18.0 Å². The Balaban J connectivity index is 1.49. The molecular formula is C25H34O4. The van der Waals surface area contributed by atoms with Gasteiger partial charge in [0.1, 0.15) is 0 Å². The van der Waals surface area contributed by atoms with Crippen molar-refractivity contribution < 1.29 is 19.7 Å². The molecule has 0 aliphatic heterocycles. The summed E-state index contributed by atoms with van der Waals surface area (Å²) in [6, 6.07) is 8.22. The molecule has 0 aromatic heterocycles. The predicted molar refractivity (Wildman–Crippen MR) is 114 cm³/mol. The Labute approximate surface area is 174 Å². The molecule has 1 fully saturated rings. The van der Waals surface area contributed by atoms with Gasteiger partial charge in [-0.3, -0.25) is 4.79 Å². The van der Waals surface area contributed by atoms with Gasteiger partial charge in [0.2, 0.25) is 0 Å². The highest BCUT2D eigenvalue weighted by Crippen LogP contribution is 2.48. The highest BCUT2D eigenvalue weighted by Gasteiger charge is 2.43. The minimum atomic E-state index is -0.532. The Morgan fingerprint density at radius 2 is 2.17 bits per heavy atom. The Bertz CT molecular complexity index is 751. The highest BCUT2D eigenvalue weighted by atomic mass is 16.5. The summed E-state index contributed by atoms with van der Waals surface area (Å²) in [5.74, 6) is 0.836. The molecule has 1 saturated carbocycles. The van der Waals surface area contributed by atoms with Crippen molar-refractivity contribution in [2.45, 2.75) is 64.1 Å². The van der Waals surface area contributed by atoms with Crippen molar-refractivity contribution in [1.82, 2.24) is 0 Å². The number of methoxy groups -OCH3 is 1. The van der Waals surface area contributed by atoms with Crippen LogP contribution < -0.4 is 0 Å². The molecule has 0 unspecified atom stereocenters. The average molecular weight is 400 g/mol. The first kappa shape index (κ1) is 21.8. The lowest BCUT2D eigenvalue weighted by Crippen LogP contribution is -2.18. The number of esters is 1. The van der Waals surface area contributed by atoms with Crippen LogP contribution in [-0.2, 0) is 16.0 Å². The van der Waals surface area contributed by atoms with Crippen molar-refractivity contribution >= 4 is 5.97 Å². The Hall–Kier alpha value is -1.91. The number of rotatable bonds is 9. The third kappa shape index (κ3) is 6.03. The molecule has 4 heteroatoms. The van der Waals surface area contributed by atoms with Crippen molar-refractivity contribution in [3.8, 4) is 0 Å². The number of carbonyl (C=O) groups excluding carboxylic acids is 1. The van der Waals surface area contributed by atoms with E-state index < -0.39 is 6.10 Å². The fourth-order valence-electron chi connectivity index (χ4n) is 4.92. The van der Waals surface area contributed by atoms with Crippen LogP contribution in [0.25, 0.3) is 0 Å². The number of allylic oxidation sites excluding steroid dienone is 2. The summed E-state index contributed by atoms with van der Waals surface area (Å²) in [5.41, 5.74) is 3.78. The number of aryl methyl sites for hydroxylation is 1. The predicted octanol–water partition coefficient (Wildman–Crippen LogP) is 4.13. The molecule has 3 rings (SSSR count). The van der Waals surface area contributed by atoms with Gasteiger partial charge < -0.3 is 14.9 Å². The zero-order valence-corrected chi connectivity index (χ0v) is 17.6. The summed E-state index contributed by atoms with van der Waals surface area (Å²) in [5, 5.41) is 20.9. The second-order valence-electron chi connectivity index (χ2n) is 8.67. The fraction of sp³-hybridized carbons (Fsp3) is 0.560. The third-order valence-electron chi connectivity index (χ3n) is 6.39. The van der Waals surface area contributed by atoms with Crippen LogP contribution in [-0.4, -0.2) is 35.5 Å². The minimum absolute atomic E-state index is 0.107. The number of aliphatic hydroxyl groups is 2. The molecule has 0 spiro atoms. The van der Waals surface area contributed by atoms with Gasteiger partial charge in [-0.05, 0) is 56.4 Å². The first-order valence-corrected chi connectivity index (χ1v) is 10.8. The van der Waals surface area contributed by atoms with Crippen LogP contribution in [0.3, 0.4) is 0 Å². The molecule has 0 amide bonds. The van der Waals surface area contributed by atoms with Crippen molar-refractivity contribution in [1.29, 1.82) is 0 Å². The lowest BCUT2D eigenvalue weighted by Gasteiger charge is -2.19. The van der Waals surface area contributed by atoms with E-state index in [1.165, 1.54) is 18.2 Å². The smallest absolute Gasteiger partial charge is 0.305 e. The fourth-order valence-corrected chi connectivity index (χ4v) is 4.92. The summed E-state index contributed by atoms with van der Waals surface area (Å²) in [6.07, 6.45) is 11.2. The number of aliphatic hydroxyl groups excluding tert-OH is 2. The van der Waals surface area contributed by atoms with E-state index in [0.717, 1.165) is 37.7 Å². The average Bonchev–Trinajstić information content (AvgIpc) is 3.19. The van der Waals surface area contributed by atoms with Crippen LogP contribution in [0, 0.1) is 24.7 Å². The number of hydrogen-bond acceptors (Lipinski definition) is 4. The van der Waals surface area contributed by atoms with E-state index >= 15 is 0 Å². The molecule has 0 heterocycles. The molecule has 1 aromatic rings. The first-order chi connectivity index (χ1) is 14.0. The van der Waals surface area contributed by atoms with Gasteiger partial charge in [-0.25, -0.2) is 0 Å². The second kappa shape index (κ2) is 10.2. The van der Waals surface area contributed by atoms with Gasteiger partial charge in [0.25, 0.3) is 0 Å². The van der Waals surface area contributed by atoms with E-state index in [1.54, 1.807) is 0 Å². The number of unbranched alkanes of at least 4 members (excludes halogenated alkanes) is 1. The number of hydrogen-bond donors (Lipinski definition) is 2. The second-order valence-corrected chi connectivity index (χ2v) is 8.67. The van der Waals surface area contributed by atoms with Crippen LogP contribution >= 0.6 is 0 Å². The van der Waals surface area contributed by atoms with Crippen molar-refractivity contribution in [3.63, 3.8) is 0 Å². The van der Waals surface area contributed by atoms with Crippen LogP contribution in [0.15, 0.2) is 48.1 Å². The van der Waals surface area contributed by atoms with E-state index in [9.17, 15) is 15.0 Å². The molecule has 0 saturated heterocycles. The standard InChI is InChI=1S/C25H34O4/c1-17-6-5-8-18(12-17)14-21(26)10-11-22-23-15-19(13-20(23)16-24(22)27)7-3-4-9-25(28)29-2/h5-6,8,10-13,20-24,26-27H,3-4,7,9,14-16H2,1-2H3/b11-10+/t20-,21+,22+,23-,24+/m0/s1/i1+1. The zero-order valence-electron chi connectivity index (χ0n) is 17.6. The first-order valence-electron chi connectivity index (χ1n) is 10.8. The SMILES string of the molecule is COC(=O)CCCCC1=C[C@H]2C[C@@H](O)[C@H](/C=C/[C@@H](O)Cc3cccc([13CH3])c3)[C@H]2C1. The van der Waals surface area contributed by atoms with Gasteiger partial charge in [-0.2, -0.15) is 0 Å². The van der Waals surface area contributed by atoms with Gasteiger partial charge in [0, 0.05) is 18.8 Å². The van der Waals surface area contributed by atoms with Crippen molar-refractivity contribution in [3.05, 3.63) is 59.2 Å². The normalized spacial score (nSPS) is 27.1. The Morgan fingerprint density at radius 3 is 2.93 bits per heavy atom. The minimum Gasteiger partial charge on any atom is -0.469 e. The topological polar surface area (TPSA) is 66.8 Å². The van der Waals surface area contributed by atoms with Crippen LogP contribution in [0.2, 0.25) is 0 Å². The lowest BCUT2D eigenvalue weighted by atomic mass is 9.88. The number of ether oxygens (including phenoxy) is 1. The quantitative estimate of drug-likeness (QED) is 0.284. The molecule has 5 atom stereocenters. The van der Waals surface area contributed by atoms with Crippen molar-refractivity contribution in [2.75, 3.05) is 7.11 Å². The summed E-state index contributed by atoms with van der Waals surface area (Å²) >= 11 is 0.